The zero-order valence-electron chi connectivity index (χ0n) is 12.6. The van der Waals surface area contributed by atoms with Gasteiger partial charge in [-0.05, 0) is 19.3 Å². The number of hydrogen-bond acceptors (Lipinski definition) is 5. The van der Waals surface area contributed by atoms with Gasteiger partial charge in [0.25, 0.3) is 0 Å². The zero-order chi connectivity index (χ0) is 15.9. The van der Waals surface area contributed by atoms with Crippen LogP contribution >= 0.6 is 9.47 Å². The lowest BCUT2D eigenvalue weighted by atomic mass is 10.0. The van der Waals surface area contributed by atoms with E-state index in [1.54, 1.807) is 23.3 Å². The largest absolute Gasteiger partial charge is 0.449 e. The van der Waals surface area contributed by atoms with E-state index in [9.17, 15) is 14.4 Å². The topological polar surface area (TPSA) is 81.7 Å². The molecule has 0 aromatic rings. The lowest BCUT2D eigenvalue weighted by Gasteiger charge is -2.21. The highest BCUT2D eigenvalue weighted by Gasteiger charge is 2.28. The van der Waals surface area contributed by atoms with Crippen LogP contribution in [0.15, 0.2) is 0 Å². The number of hydrogen-bond donors (Lipinski definition) is 1. The van der Waals surface area contributed by atoms with Gasteiger partial charge in [-0.25, -0.2) is 9.59 Å². The summed E-state index contributed by atoms with van der Waals surface area (Å²) < 4.78 is 9.41. The molecule has 0 spiro atoms. The van der Waals surface area contributed by atoms with E-state index in [-0.39, 0.29) is 17.7 Å². The molecule has 3 atom stereocenters. The van der Waals surface area contributed by atoms with E-state index in [1.807, 2.05) is 13.8 Å². The second kappa shape index (κ2) is 8.90. The van der Waals surface area contributed by atoms with Crippen molar-refractivity contribution >= 4 is 27.3 Å². The van der Waals surface area contributed by atoms with Gasteiger partial charge in [0.05, 0.1) is 9.47 Å². The molecular formula is C13H24NO5P. The highest BCUT2D eigenvalue weighted by atomic mass is 31.0. The highest BCUT2D eigenvalue weighted by Crippen LogP contribution is 2.10. The molecule has 0 aromatic carbocycles. The van der Waals surface area contributed by atoms with Gasteiger partial charge in [0, 0.05) is 5.92 Å². The minimum Gasteiger partial charge on any atom is -0.449 e. The van der Waals surface area contributed by atoms with Crippen LogP contribution < -0.4 is 5.32 Å². The number of nitrogens with one attached hydrogen (secondary N) is 1. The fourth-order valence-electron chi connectivity index (χ4n) is 1.42. The van der Waals surface area contributed by atoms with Crippen molar-refractivity contribution in [2.24, 2.45) is 11.8 Å². The van der Waals surface area contributed by atoms with E-state index in [0.29, 0.717) is 6.42 Å². The maximum atomic E-state index is 12.0. The van der Waals surface area contributed by atoms with Gasteiger partial charge in [0.15, 0.2) is 6.10 Å². The smallest absolute Gasteiger partial charge is 0.349 e. The maximum absolute atomic E-state index is 12.0. The van der Waals surface area contributed by atoms with Crippen LogP contribution in [-0.2, 0) is 23.6 Å². The third-order valence-electron chi connectivity index (χ3n) is 2.57. The Morgan fingerprint density at radius 2 is 1.60 bits per heavy atom. The summed E-state index contributed by atoms with van der Waals surface area (Å²) in [6.45, 7) is 8.76. The molecule has 0 saturated heterocycles. The van der Waals surface area contributed by atoms with E-state index in [0.717, 1.165) is 0 Å². The first-order valence-electron chi connectivity index (χ1n) is 6.60. The Bertz CT molecular complexity index is 357. The van der Waals surface area contributed by atoms with E-state index in [2.05, 4.69) is 9.84 Å². The first kappa shape index (κ1) is 18.8. The van der Waals surface area contributed by atoms with Gasteiger partial charge in [-0.3, -0.25) is 4.79 Å². The molecule has 0 aliphatic rings. The molecule has 6 nitrogen and oxygen atoms in total. The number of ether oxygens (including phenoxy) is 1. The molecule has 20 heavy (non-hydrogen) atoms. The van der Waals surface area contributed by atoms with E-state index < -0.39 is 24.1 Å². The van der Waals surface area contributed by atoms with Gasteiger partial charge in [0.2, 0.25) is 5.91 Å². The number of carbonyl (C=O) groups is 3. The minimum absolute atomic E-state index is 0.198. The summed E-state index contributed by atoms with van der Waals surface area (Å²) in [7, 11) is 1.80. The second-order valence-corrected chi connectivity index (χ2v) is 5.60. The minimum atomic E-state index is -1.01. The van der Waals surface area contributed by atoms with Crippen LogP contribution in [0, 0.1) is 11.8 Å². The fraction of sp³-hybridized carbons (Fsp3) is 0.769. The molecule has 0 heterocycles. The Labute approximate surface area is 122 Å². The summed E-state index contributed by atoms with van der Waals surface area (Å²) in [5, 5.41) is 2.64. The predicted octanol–water partition coefficient (Wildman–Crippen LogP) is 1.44. The van der Waals surface area contributed by atoms with Crippen molar-refractivity contribution in [2.45, 2.75) is 53.2 Å². The third-order valence-corrected chi connectivity index (χ3v) is 2.81. The standard InChI is InChI=1S/C13H24NO5P/c1-7(2)6-10(14-11(15)8(3)4)13(17)18-9(5)12(16)19-20/h7-10H,6,20H2,1-5H3,(H,14,15)/t9-,10-/m0/s1. The Balaban J connectivity index is 4.72. The molecule has 0 fully saturated rings. The molecule has 0 saturated carbocycles. The summed E-state index contributed by atoms with van der Waals surface area (Å²) >= 11 is 0. The van der Waals surface area contributed by atoms with E-state index in [4.69, 9.17) is 4.74 Å². The van der Waals surface area contributed by atoms with Gasteiger partial charge in [-0.15, -0.1) is 0 Å². The molecule has 1 amide bonds. The van der Waals surface area contributed by atoms with Gasteiger partial charge in [-0.1, -0.05) is 27.7 Å². The van der Waals surface area contributed by atoms with Crippen LogP contribution in [0.3, 0.4) is 0 Å². The van der Waals surface area contributed by atoms with Gasteiger partial charge in [0.1, 0.15) is 6.04 Å². The molecule has 0 aliphatic heterocycles. The third kappa shape index (κ3) is 6.85. The molecule has 0 bridgehead atoms. The summed E-state index contributed by atoms with van der Waals surface area (Å²) in [4.78, 5) is 34.9. The van der Waals surface area contributed by atoms with Crippen molar-refractivity contribution in [2.75, 3.05) is 0 Å². The summed E-state index contributed by atoms with van der Waals surface area (Å²) in [5.41, 5.74) is 0. The van der Waals surface area contributed by atoms with Crippen molar-refractivity contribution < 1.29 is 23.6 Å². The van der Waals surface area contributed by atoms with Crippen LogP contribution in [0.5, 0.6) is 0 Å². The molecule has 0 aliphatic carbocycles. The molecule has 1 N–H and O–H groups in total. The van der Waals surface area contributed by atoms with Crippen molar-refractivity contribution in [1.29, 1.82) is 0 Å². The quantitative estimate of drug-likeness (QED) is 0.568. The molecule has 0 radical (unpaired) electrons. The average Bonchev–Trinajstić information content (AvgIpc) is 2.35. The number of esters is 1. The molecular weight excluding hydrogens is 281 g/mol. The Morgan fingerprint density at radius 1 is 1.05 bits per heavy atom. The van der Waals surface area contributed by atoms with Crippen LogP contribution in [0.25, 0.3) is 0 Å². The molecule has 7 heteroatoms. The number of amides is 1. The van der Waals surface area contributed by atoms with E-state index >= 15 is 0 Å². The normalized spacial score (nSPS) is 13.8. The van der Waals surface area contributed by atoms with Crippen molar-refractivity contribution in [3.8, 4) is 0 Å². The molecule has 0 aromatic heterocycles. The Hall–Kier alpha value is -1.16. The molecule has 1 unspecified atom stereocenters. The number of carbonyl (C=O) groups excluding carboxylic acids is 3. The predicted molar refractivity (Wildman–Crippen MR) is 77.6 cm³/mol. The fourth-order valence-corrected chi connectivity index (χ4v) is 1.62. The van der Waals surface area contributed by atoms with Gasteiger partial charge >= 0.3 is 11.9 Å². The first-order chi connectivity index (χ1) is 9.18. The lowest BCUT2D eigenvalue weighted by Crippen LogP contribution is -2.45. The van der Waals surface area contributed by atoms with E-state index in [1.165, 1.54) is 6.92 Å². The van der Waals surface area contributed by atoms with Crippen LogP contribution in [0.2, 0.25) is 0 Å². The van der Waals surface area contributed by atoms with Gasteiger partial charge in [-0.2, -0.15) is 0 Å². The SMILES string of the molecule is CC(C)C[C@H](NC(=O)C(C)C)C(=O)O[C@@H](C)C(=O)OP. The molecule has 0 rings (SSSR count). The first-order valence-corrected chi connectivity index (χ1v) is 7.07. The Kier molecular flexibility index (Phi) is 8.39. The number of rotatable bonds is 7. The Morgan fingerprint density at radius 3 is 2.00 bits per heavy atom. The molecule has 116 valence electrons. The van der Waals surface area contributed by atoms with Crippen LogP contribution in [0.1, 0.15) is 41.0 Å². The second-order valence-electron chi connectivity index (χ2n) is 5.36. The maximum Gasteiger partial charge on any atom is 0.349 e. The van der Waals surface area contributed by atoms with Crippen molar-refractivity contribution in [3.05, 3.63) is 0 Å². The highest BCUT2D eigenvalue weighted by molar-refractivity contribution is 7.10. The monoisotopic (exact) mass is 305 g/mol. The average molecular weight is 305 g/mol. The van der Waals surface area contributed by atoms with Crippen molar-refractivity contribution in [1.82, 2.24) is 5.32 Å². The van der Waals surface area contributed by atoms with Crippen LogP contribution in [-0.4, -0.2) is 30.0 Å². The zero-order valence-corrected chi connectivity index (χ0v) is 13.8. The lowest BCUT2D eigenvalue weighted by molar-refractivity contribution is -0.163. The summed E-state index contributed by atoms with van der Waals surface area (Å²) in [6, 6.07) is -0.760. The van der Waals surface area contributed by atoms with Crippen LogP contribution in [0.4, 0.5) is 0 Å². The summed E-state index contributed by atoms with van der Waals surface area (Å²) in [5.74, 6) is -1.55. The van der Waals surface area contributed by atoms with Crippen molar-refractivity contribution in [3.63, 3.8) is 0 Å². The van der Waals surface area contributed by atoms with Gasteiger partial charge < -0.3 is 14.6 Å². The summed E-state index contributed by atoms with van der Waals surface area (Å²) in [6.07, 6.45) is -0.564.